The molecule has 1 aromatic rings. The van der Waals surface area contributed by atoms with E-state index in [0.717, 1.165) is 5.56 Å². The average Bonchev–Trinajstić information content (AvgIpc) is 2.37. The lowest BCUT2D eigenvalue weighted by molar-refractivity contribution is -0.175. The second-order valence-electron chi connectivity index (χ2n) is 4.75. The molecule has 1 atom stereocenters. The van der Waals surface area contributed by atoms with Crippen LogP contribution < -0.4 is 4.90 Å². The molecule has 1 aliphatic rings. The Morgan fingerprint density at radius 1 is 1.32 bits per heavy atom. The van der Waals surface area contributed by atoms with Crippen LogP contribution in [-0.4, -0.2) is 19.3 Å². The normalized spacial score (nSPS) is 20.7. The van der Waals surface area contributed by atoms with E-state index in [1.807, 2.05) is 0 Å². The van der Waals surface area contributed by atoms with Gasteiger partial charge < -0.3 is 4.90 Å². The number of nitrogens with zero attached hydrogens (tertiary/aromatic N) is 1. The molecule has 1 nitrogen and oxygen atoms in total. The number of rotatable bonds is 2. The fourth-order valence-electron chi connectivity index (χ4n) is 2.35. The topological polar surface area (TPSA) is 3.24 Å². The molecule has 6 heteroatoms. The van der Waals surface area contributed by atoms with Crippen molar-refractivity contribution < 1.29 is 13.2 Å². The van der Waals surface area contributed by atoms with Crippen LogP contribution in [0.15, 0.2) is 18.2 Å². The van der Waals surface area contributed by atoms with Gasteiger partial charge in [-0.25, -0.2) is 0 Å². The standard InChI is InChI=1S/C13H14Cl2F3N/c14-7-9-3-4-12(11(15)6-9)19-5-1-2-10(8-19)13(16,17)18/h3-4,6,10H,1-2,5,7-8H2. The van der Waals surface area contributed by atoms with Crippen molar-refractivity contribution in [1.29, 1.82) is 0 Å². The highest BCUT2D eigenvalue weighted by Gasteiger charge is 2.42. The molecule has 106 valence electrons. The van der Waals surface area contributed by atoms with Crippen LogP contribution in [0.2, 0.25) is 5.02 Å². The van der Waals surface area contributed by atoms with Crippen molar-refractivity contribution in [3.05, 3.63) is 28.8 Å². The Hall–Kier alpha value is -0.610. The monoisotopic (exact) mass is 311 g/mol. The fourth-order valence-corrected chi connectivity index (χ4v) is 2.84. The molecule has 0 amide bonds. The van der Waals surface area contributed by atoms with E-state index < -0.39 is 12.1 Å². The molecule has 0 spiro atoms. The molecule has 1 fully saturated rings. The predicted octanol–water partition coefficient (Wildman–Crippen LogP) is 4.86. The third kappa shape index (κ3) is 3.48. The molecule has 0 saturated carbocycles. The van der Waals surface area contributed by atoms with Gasteiger partial charge in [0.15, 0.2) is 0 Å². The van der Waals surface area contributed by atoms with Gasteiger partial charge in [-0.3, -0.25) is 0 Å². The van der Waals surface area contributed by atoms with E-state index in [4.69, 9.17) is 23.2 Å². The van der Waals surface area contributed by atoms with Gasteiger partial charge in [0.05, 0.1) is 16.6 Å². The molecule has 0 radical (unpaired) electrons. The van der Waals surface area contributed by atoms with Gasteiger partial charge >= 0.3 is 6.18 Å². The summed E-state index contributed by atoms with van der Waals surface area (Å²) in [6, 6.07) is 5.26. The average molecular weight is 312 g/mol. The van der Waals surface area contributed by atoms with Crippen LogP contribution in [0.25, 0.3) is 0 Å². The Bertz CT molecular complexity index is 448. The summed E-state index contributed by atoms with van der Waals surface area (Å²) in [7, 11) is 0. The van der Waals surface area contributed by atoms with Crippen molar-refractivity contribution in [3.63, 3.8) is 0 Å². The van der Waals surface area contributed by atoms with Crippen molar-refractivity contribution in [2.45, 2.75) is 24.9 Å². The van der Waals surface area contributed by atoms with Gasteiger partial charge in [-0.05, 0) is 30.5 Å². The number of hydrogen-bond acceptors (Lipinski definition) is 1. The first-order chi connectivity index (χ1) is 8.91. The number of benzene rings is 1. The largest absolute Gasteiger partial charge is 0.393 e. The first kappa shape index (κ1) is 14.8. The van der Waals surface area contributed by atoms with Gasteiger partial charge in [0.1, 0.15) is 0 Å². The highest BCUT2D eigenvalue weighted by molar-refractivity contribution is 6.33. The molecule has 19 heavy (non-hydrogen) atoms. The first-order valence-corrected chi connectivity index (χ1v) is 6.99. The first-order valence-electron chi connectivity index (χ1n) is 6.08. The van der Waals surface area contributed by atoms with Crippen LogP contribution in [0.3, 0.4) is 0 Å². The maximum Gasteiger partial charge on any atom is 0.393 e. The maximum atomic E-state index is 12.8. The summed E-state index contributed by atoms with van der Waals surface area (Å²) in [6.45, 7) is 0.579. The lowest BCUT2D eigenvalue weighted by Gasteiger charge is -2.35. The second kappa shape index (κ2) is 5.80. The van der Waals surface area contributed by atoms with Crippen LogP contribution in [-0.2, 0) is 5.88 Å². The molecule has 1 aliphatic heterocycles. The van der Waals surface area contributed by atoms with Crippen LogP contribution in [0.5, 0.6) is 0 Å². The summed E-state index contributed by atoms with van der Waals surface area (Å²) in [6.07, 6.45) is -3.42. The van der Waals surface area contributed by atoms with Gasteiger partial charge in [0.2, 0.25) is 0 Å². The third-order valence-corrected chi connectivity index (χ3v) is 4.00. The van der Waals surface area contributed by atoms with Gasteiger partial charge in [-0.1, -0.05) is 17.7 Å². The van der Waals surface area contributed by atoms with E-state index >= 15 is 0 Å². The molecule has 1 unspecified atom stereocenters. The highest BCUT2D eigenvalue weighted by atomic mass is 35.5. The van der Waals surface area contributed by atoms with E-state index in [1.54, 1.807) is 23.1 Å². The van der Waals surface area contributed by atoms with Crippen LogP contribution in [0.4, 0.5) is 18.9 Å². The molecule has 1 saturated heterocycles. The second-order valence-corrected chi connectivity index (χ2v) is 5.42. The molecule has 1 aromatic carbocycles. The van der Waals surface area contributed by atoms with Crippen LogP contribution in [0.1, 0.15) is 18.4 Å². The molecule has 2 rings (SSSR count). The SMILES string of the molecule is FC(F)(F)C1CCCN(c2ccc(CCl)cc2Cl)C1. The zero-order chi connectivity index (χ0) is 14.0. The Kier molecular flexibility index (Phi) is 4.51. The minimum Gasteiger partial charge on any atom is -0.370 e. The Balaban J connectivity index is 2.17. The van der Waals surface area contributed by atoms with Crippen molar-refractivity contribution in [2.24, 2.45) is 5.92 Å². The van der Waals surface area contributed by atoms with Gasteiger partial charge in [-0.15, -0.1) is 11.6 Å². The summed E-state index contributed by atoms with van der Waals surface area (Å²) in [4.78, 5) is 1.71. The Morgan fingerprint density at radius 2 is 2.05 bits per heavy atom. The fraction of sp³-hybridized carbons (Fsp3) is 0.538. The number of alkyl halides is 4. The van der Waals surface area contributed by atoms with Crippen molar-refractivity contribution in [2.75, 3.05) is 18.0 Å². The van der Waals surface area contributed by atoms with Gasteiger partial charge in [0.25, 0.3) is 0 Å². The molecular formula is C13H14Cl2F3N. The highest BCUT2D eigenvalue weighted by Crippen LogP contribution is 2.37. The third-order valence-electron chi connectivity index (χ3n) is 3.39. The Morgan fingerprint density at radius 3 is 2.63 bits per heavy atom. The minimum atomic E-state index is -4.14. The molecular weight excluding hydrogens is 298 g/mol. The molecule has 1 heterocycles. The van der Waals surface area contributed by atoms with Crippen LogP contribution >= 0.6 is 23.2 Å². The Labute approximate surface area is 120 Å². The van der Waals surface area contributed by atoms with Crippen LogP contribution in [0, 0.1) is 5.92 Å². The zero-order valence-corrected chi connectivity index (χ0v) is 11.7. The van der Waals surface area contributed by atoms with E-state index in [9.17, 15) is 13.2 Å². The lowest BCUT2D eigenvalue weighted by atomic mass is 9.97. The summed E-state index contributed by atoms with van der Waals surface area (Å²) in [5.74, 6) is -0.935. The van der Waals surface area contributed by atoms with Crippen molar-refractivity contribution >= 4 is 28.9 Å². The quantitative estimate of drug-likeness (QED) is 0.705. The molecule has 0 aromatic heterocycles. The summed E-state index contributed by atoms with van der Waals surface area (Å²) in [5.41, 5.74) is 1.52. The summed E-state index contributed by atoms with van der Waals surface area (Å²) >= 11 is 11.8. The summed E-state index contributed by atoms with van der Waals surface area (Å²) < 4.78 is 38.3. The zero-order valence-electron chi connectivity index (χ0n) is 10.2. The number of hydrogen-bond donors (Lipinski definition) is 0. The van der Waals surface area contributed by atoms with Crippen molar-refractivity contribution in [1.82, 2.24) is 0 Å². The number of halogens is 5. The number of piperidine rings is 1. The van der Waals surface area contributed by atoms with Gasteiger partial charge in [-0.2, -0.15) is 13.2 Å². The number of anilines is 1. The van der Waals surface area contributed by atoms with E-state index in [2.05, 4.69) is 0 Å². The minimum absolute atomic E-state index is 0.0244. The lowest BCUT2D eigenvalue weighted by Crippen LogP contribution is -2.41. The summed E-state index contributed by atoms with van der Waals surface area (Å²) in [5, 5.41) is 0.459. The van der Waals surface area contributed by atoms with Gasteiger partial charge in [0, 0.05) is 19.0 Å². The van der Waals surface area contributed by atoms with E-state index in [-0.39, 0.29) is 13.0 Å². The predicted molar refractivity (Wildman–Crippen MR) is 72.0 cm³/mol. The maximum absolute atomic E-state index is 12.8. The van der Waals surface area contributed by atoms with Crippen molar-refractivity contribution in [3.8, 4) is 0 Å². The molecule has 0 bridgehead atoms. The molecule has 0 N–H and O–H groups in total. The van der Waals surface area contributed by atoms with E-state index in [1.165, 1.54) is 0 Å². The smallest absolute Gasteiger partial charge is 0.370 e. The molecule has 0 aliphatic carbocycles. The van der Waals surface area contributed by atoms with E-state index in [0.29, 0.717) is 29.6 Å².